The van der Waals surface area contributed by atoms with E-state index in [1.54, 1.807) is 12.3 Å². The molecule has 2 N–H and O–H groups in total. The average molecular weight is 511 g/mol. The SMILES string of the molecule is CC(C)CC(c1ccc(C(=O)NCCC(=O)O)nc1)N1N=CC2C=C(c3cc4ccccc4o3)C=CC1=C2. The number of rotatable bonds is 9. The van der Waals surface area contributed by atoms with Crippen molar-refractivity contribution in [3.63, 3.8) is 0 Å². The fourth-order valence-corrected chi connectivity index (χ4v) is 4.68. The van der Waals surface area contributed by atoms with Crippen LogP contribution in [0.3, 0.4) is 0 Å². The van der Waals surface area contributed by atoms with Crippen molar-refractivity contribution in [2.75, 3.05) is 6.54 Å². The number of nitrogens with zero attached hydrogens (tertiary/aromatic N) is 3. The molecule has 1 aliphatic heterocycles. The van der Waals surface area contributed by atoms with Crippen molar-refractivity contribution < 1.29 is 19.1 Å². The molecule has 3 heterocycles. The highest BCUT2D eigenvalue weighted by Gasteiger charge is 2.27. The summed E-state index contributed by atoms with van der Waals surface area (Å²) >= 11 is 0. The number of fused-ring (bicyclic) bond motifs is 2. The van der Waals surface area contributed by atoms with Crippen LogP contribution in [0.25, 0.3) is 16.5 Å². The first-order valence-electron chi connectivity index (χ1n) is 12.8. The lowest BCUT2D eigenvalue weighted by Crippen LogP contribution is -2.28. The first kappa shape index (κ1) is 25.2. The highest BCUT2D eigenvalue weighted by Crippen LogP contribution is 2.36. The van der Waals surface area contributed by atoms with Gasteiger partial charge in [0.25, 0.3) is 5.91 Å². The summed E-state index contributed by atoms with van der Waals surface area (Å²) in [6.45, 7) is 4.39. The normalized spacial score (nSPS) is 17.2. The van der Waals surface area contributed by atoms with Crippen molar-refractivity contribution in [2.24, 2.45) is 16.9 Å². The summed E-state index contributed by atoms with van der Waals surface area (Å²) < 4.78 is 6.10. The molecule has 194 valence electrons. The van der Waals surface area contributed by atoms with E-state index < -0.39 is 11.9 Å². The van der Waals surface area contributed by atoms with Crippen LogP contribution in [0.4, 0.5) is 0 Å². The van der Waals surface area contributed by atoms with Crippen LogP contribution < -0.4 is 5.32 Å². The number of carboxylic acids is 1. The number of hydrogen-bond donors (Lipinski definition) is 2. The number of benzene rings is 1. The van der Waals surface area contributed by atoms with E-state index in [-0.39, 0.29) is 30.6 Å². The van der Waals surface area contributed by atoms with Crippen LogP contribution in [0.2, 0.25) is 0 Å². The first-order chi connectivity index (χ1) is 18.4. The van der Waals surface area contributed by atoms with Crippen LogP contribution in [0, 0.1) is 11.8 Å². The zero-order valence-corrected chi connectivity index (χ0v) is 21.4. The fourth-order valence-electron chi connectivity index (χ4n) is 4.68. The fraction of sp³-hybridized carbons (Fsp3) is 0.267. The van der Waals surface area contributed by atoms with Crippen molar-refractivity contribution in [2.45, 2.75) is 32.7 Å². The molecule has 5 rings (SSSR count). The summed E-state index contributed by atoms with van der Waals surface area (Å²) in [5, 5.41) is 19.3. The molecule has 2 aliphatic rings. The molecule has 0 saturated carbocycles. The minimum atomic E-state index is -0.962. The summed E-state index contributed by atoms with van der Waals surface area (Å²) in [5.41, 5.74) is 4.05. The summed E-state index contributed by atoms with van der Waals surface area (Å²) in [7, 11) is 0. The highest BCUT2D eigenvalue weighted by molar-refractivity contribution is 5.92. The second kappa shape index (κ2) is 10.9. The number of amides is 1. The van der Waals surface area contributed by atoms with Gasteiger partial charge in [0.2, 0.25) is 0 Å². The number of carboxylic acid groups (broad SMARTS) is 1. The van der Waals surface area contributed by atoms with Crippen LogP contribution >= 0.6 is 0 Å². The number of aliphatic carboxylic acids is 1. The Bertz CT molecular complexity index is 1430. The van der Waals surface area contributed by atoms with Gasteiger partial charge in [-0.2, -0.15) is 5.10 Å². The maximum atomic E-state index is 12.3. The lowest BCUT2D eigenvalue weighted by atomic mass is 9.96. The molecule has 1 amide bonds. The van der Waals surface area contributed by atoms with Gasteiger partial charge in [0.05, 0.1) is 18.2 Å². The zero-order valence-electron chi connectivity index (χ0n) is 21.4. The summed E-state index contributed by atoms with van der Waals surface area (Å²) in [5.74, 6) is -0.100. The van der Waals surface area contributed by atoms with Gasteiger partial charge in [0.15, 0.2) is 0 Å². The molecule has 38 heavy (non-hydrogen) atoms. The number of furan rings is 1. The van der Waals surface area contributed by atoms with Crippen molar-refractivity contribution in [1.82, 2.24) is 15.3 Å². The van der Waals surface area contributed by atoms with E-state index in [1.807, 2.05) is 41.6 Å². The van der Waals surface area contributed by atoms with Crippen molar-refractivity contribution in [3.05, 3.63) is 95.7 Å². The third kappa shape index (κ3) is 5.59. The average Bonchev–Trinajstić information content (AvgIpc) is 3.26. The van der Waals surface area contributed by atoms with Crippen molar-refractivity contribution in [1.29, 1.82) is 0 Å². The molecule has 8 nitrogen and oxygen atoms in total. The molecular formula is C30H30N4O4. The van der Waals surface area contributed by atoms with E-state index in [0.717, 1.165) is 40.0 Å². The van der Waals surface area contributed by atoms with Crippen LogP contribution in [-0.4, -0.2) is 39.7 Å². The Morgan fingerprint density at radius 3 is 2.71 bits per heavy atom. The van der Waals surface area contributed by atoms with Gasteiger partial charge in [-0.25, -0.2) is 0 Å². The van der Waals surface area contributed by atoms with Crippen LogP contribution in [0.15, 0.2) is 88.2 Å². The minimum absolute atomic E-state index is 0.0363. The van der Waals surface area contributed by atoms with E-state index in [4.69, 9.17) is 14.6 Å². The van der Waals surface area contributed by atoms with Gasteiger partial charge in [-0.15, -0.1) is 0 Å². The molecule has 1 aliphatic carbocycles. The first-order valence-corrected chi connectivity index (χ1v) is 12.8. The molecule has 2 unspecified atom stereocenters. The molecule has 0 fully saturated rings. The number of hydrazone groups is 1. The van der Waals surface area contributed by atoms with Gasteiger partial charge < -0.3 is 14.8 Å². The van der Waals surface area contributed by atoms with Gasteiger partial charge in [0.1, 0.15) is 17.0 Å². The van der Waals surface area contributed by atoms with Gasteiger partial charge in [-0.05, 0) is 54.3 Å². The van der Waals surface area contributed by atoms with E-state index in [0.29, 0.717) is 5.92 Å². The van der Waals surface area contributed by atoms with Crippen LogP contribution in [0.1, 0.15) is 54.5 Å². The molecule has 8 heteroatoms. The summed E-state index contributed by atoms with van der Waals surface area (Å²) in [6, 6.07) is 13.5. The Balaban J connectivity index is 1.36. The smallest absolute Gasteiger partial charge is 0.305 e. The Kier molecular flexibility index (Phi) is 7.22. The Morgan fingerprint density at radius 1 is 1.13 bits per heavy atom. The van der Waals surface area contributed by atoms with Crippen LogP contribution in [0.5, 0.6) is 0 Å². The van der Waals surface area contributed by atoms with Gasteiger partial charge in [-0.3, -0.25) is 19.6 Å². The molecule has 2 aromatic heterocycles. The third-order valence-corrected chi connectivity index (χ3v) is 6.52. The van der Waals surface area contributed by atoms with Gasteiger partial charge in [0, 0.05) is 35.8 Å². The van der Waals surface area contributed by atoms with Crippen LogP contribution in [-0.2, 0) is 4.79 Å². The Morgan fingerprint density at radius 2 is 1.97 bits per heavy atom. The monoisotopic (exact) mass is 510 g/mol. The molecule has 1 aromatic carbocycles. The second-order valence-electron chi connectivity index (χ2n) is 9.90. The largest absolute Gasteiger partial charge is 0.481 e. The molecule has 2 bridgehead atoms. The quantitative estimate of drug-likeness (QED) is 0.389. The Hall–Kier alpha value is -4.46. The standard InChI is InChI=1S/C30H30N4O4/c1-19(2)13-26(23-8-10-25(32-18-23)30(37)31-12-11-29(35)36)34-24-9-7-22(14-20(15-24)17-33-34)28-16-21-5-3-4-6-27(21)38-28/h3-10,14-20,26H,11-13H2,1-2H3,(H,31,37)(H,35,36). The number of carbonyl (C=O) groups excluding carboxylic acids is 1. The molecular weight excluding hydrogens is 480 g/mol. The van der Waals surface area contributed by atoms with Crippen molar-refractivity contribution in [3.8, 4) is 0 Å². The number of aromatic nitrogens is 1. The van der Waals surface area contributed by atoms with Gasteiger partial charge >= 0.3 is 5.97 Å². The Labute approximate surface area is 221 Å². The summed E-state index contributed by atoms with van der Waals surface area (Å²) in [6.07, 6.45) is 12.8. The topological polar surface area (TPSA) is 108 Å². The lowest BCUT2D eigenvalue weighted by molar-refractivity contribution is -0.136. The molecule has 3 aromatic rings. The molecule has 0 radical (unpaired) electrons. The second-order valence-corrected chi connectivity index (χ2v) is 9.90. The highest BCUT2D eigenvalue weighted by atomic mass is 16.4. The predicted octanol–water partition coefficient (Wildman–Crippen LogP) is 5.57. The zero-order chi connectivity index (χ0) is 26.6. The van der Waals surface area contributed by atoms with E-state index in [1.165, 1.54) is 0 Å². The van der Waals surface area contributed by atoms with E-state index in [9.17, 15) is 9.59 Å². The molecule has 2 atom stereocenters. The third-order valence-electron chi connectivity index (χ3n) is 6.52. The lowest BCUT2D eigenvalue weighted by Gasteiger charge is -2.33. The molecule has 0 saturated heterocycles. The van der Waals surface area contributed by atoms with E-state index >= 15 is 0 Å². The van der Waals surface area contributed by atoms with E-state index in [2.05, 4.69) is 54.5 Å². The molecule has 0 spiro atoms. The number of pyridine rings is 1. The predicted molar refractivity (Wildman–Crippen MR) is 146 cm³/mol. The minimum Gasteiger partial charge on any atom is -0.481 e. The summed E-state index contributed by atoms with van der Waals surface area (Å²) in [4.78, 5) is 27.4. The number of carbonyl (C=O) groups is 2. The maximum Gasteiger partial charge on any atom is 0.305 e. The van der Waals surface area contributed by atoms with Crippen molar-refractivity contribution >= 4 is 34.6 Å². The number of para-hydroxylation sites is 1. The van der Waals surface area contributed by atoms with Gasteiger partial charge in [-0.1, -0.05) is 44.2 Å². The number of nitrogens with one attached hydrogen (secondary N) is 1. The maximum absolute atomic E-state index is 12.3. The number of allylic oxidation sites excluding steroid dienone is 5. The number of hydrogen-bond acceptors (Lipinski definition) is 6.